The number of carbonyl (C=O) groups excluding carboxylic acids is 1. The van der Waals surface area contributed by atoms with Gasteiger partial charge < -0.3 is 14.5 Å². The summed E-state index contributed by atoms with van der Waals surface area (Å²) in [5.74, 6) is 1.17. The van der Waals surface area contributed by atoms with Crippen LogP contribution in [0.25, 0.3) is 17.1 Å². The molecule has 0 saturated carbocycles. The minimum absolute atomic E-state index is 0.0130. The number of rotatable bonds is 8. The molecule has 0 fully saturated rings. The molecule has 0 bridgehead atoms. The van der Waals surface area contributed by atoms with Crippen molar-refractivity contribution in [3.63, 3.8) is 0 Å². The van der Waals surface area contributed by atoms with Crippen LogP contribution in [0.1, 0.15) is 29.4 Å². The first kappa shape index (κ1) is 20.5. The Bertz CT molecular complexity index is 1120. The number of methoxy groups -OCH3 is 1. The van der Waals surface area contributed by atoms with Crippen molar-refractivity contribution in [1.82, 2.24) is 15.1 Å². The zero-order valence-corrected chi connectivity index (χ0v) is 17.6. The van der Waals surface area contributed by atoms with Crippen LogP contribution in [-0.4, -0.2) is 28.8 Å². The minimum Gasteiger partial charge on any atom is -0.497 e. The molecular formula is C25H25N3O3. The third-order valence-electron chi connectivity index (χ3n) is 5.12. The summed E-state index contributed by atoms with van der Waals surface area (Å²) in [6.45, 7) is 2.02. The van der Waals surface area contributed by atoms with Crippen molar-refractivity contribution in [2.24, 2.45) is 0 Å². The van der Waals surface area contributed by atoms with Gasteiger partial charge in [0, 0.05) is 12.1 Å². The highest BCUT2D eigenvalue weighted by Gasteiger charge is 2.20. The Morgan fingerprint density at radius 1 is 1.10 bits per heavy atom. The van der Waals surface area contributed by atoms with Crippen LogP contribution < -0.4 is 10.1 Å². The fourth-order valence-electron chi connectivity index (χ4n) is 3.41. The Kier molecular flexibility index (Phi) is 6.17. The molecule has 1 amide bonds. The molecule has 6 nitrogen and oxygen atoms in total. The lowest BCUT2D eigenvalue weighted by molar-refractivity contribution is 0.0930. The molecule has 0 saturated heterocycles. The number of ether oxygens (including phenoxy) is 1. The van der Waals surface area contributed by atoms with Crippen molar-refractivity contribution in [3.05, 3.63) is 90.3 Å². The maximum Gasteiger partial charge on any atom is 0.270 e. The van der Waals surface area contributed by atoms with E-state index in [0.717, 1.165) is 24.3 Å². The summed E-state index contributed by atoms with van der Waals surface area (Å²) in [5, 5.41) is 7.72. The average molecular weight is 415 g/mol. The second-order valence-corrected chi connectivity index (χ2v) is 7.40. The van der Waals surface area contributed by atoms with E-state index < -0.39 is 0 Å². The minimum atomic E-state index is -0.179. The molecule has 0 aliphatic carbocycles. The van der Waals surface area contributed by atoms with Gasteiger partial charge in [0.25, 0.3) is 5.91 Å². The fraction of sp³-hybridized carbons (Fsp3) is 0.200. The number of amides is 1. The van der Waals surface area contributed by atoms with Crippen molar-refractivity contribution in [2.45, 2.75) is 25.8 Å². The van der Waals surface area contributed by atoms with E-state index in [0.29, 0.717) is 17.1 Å². The lowest BCUT2D eigenvalue weighted by atomic mass is 10.1. The quantitative estimate of drug-likeness (QED) is 0.445. The van der Waals surface area contributed by atoms with E-state index in [9.17, 15) is 4.79 Å². The largest absolute Gasteiger partial charge is 0.497 e. The molecule has 0 aliphatic rings. The SMILES string of the molecule is COc1ccc(-n2nc(-c3ccco3)cc2C(=O)NC(C)CCc2ccccc2)cc1. The van der Waals surface area contributed by atoms with Gasteiger partial charge in [-0.3, -0.25) is 4.79 Å². The molecule has 6 heteroatoms. The van der Waals surface area contributed by atoms with E-state index in [4.69, 9.17) is 9.15 Å². The summed E-state index contributed by atoms with van der Waals surface area (Å²) in [6.07, 6.45) is 3.34. The lowest BCUT2D eigenvalue weighted by Gasteiger charge is -2.15. The zero-order chi connectivity index (χ0) is 21.6. The molecule has 1 atom stereocenters. The highest BCUT2D eigenvalue weighted by atomic mass is 16.5. The molecule has 2 heterocycles. The Morgan fingerprint density at radius 2 is 1.87 bits per heavy atom. The highest BCUT2D eigenvalue weighted by molar-refractivity contribution is 5.94. The number of carbonyl (C=O) groups is 1. The van der Waals surface area contributed by atoms with Crippen LogP contribution in [0.3, 0.4) is 0 Å². The second-order valence-electron chi connectivity index (χ2n) is 7.40. The normalized spacial score (nSPS) is 11.8. The number of hydrogen-bond acceptors (Lipinski definition) is 4. The van der Waals surface area contributed by atoms with Gasteiger partial charge in [0.2, 0.25) is 0 Å². The summed E-state index contributed by atoms with van der Waals surface area (Å²) in [6, 6.07) is 23.1. The Morgan fingerprint density at radius 3 is 2.55 bits per heavy atom. The van der Waals surface area contributed by atoms with Crippen LogP contribution in [0.5, 0.6) is 5.75 Å². The average Bonchev–Trinajstić information content (AvgIpc) is 3.48. The fourth-order valence-corrected chi connectivity index (χ4v) is 3.41. The molecule has 4 rings (SSSR count). The van der Waals surface area contributed by atoms with Gasteiger partial charge in [-0.15, -0.1) is 0 Å². The predicted octanol–water partition coefficient (Wildman–Crippen LogP) is 4.89. The number of nitrogens with zero attached hydrogens (tertiary/aromatic N) is 2. The van der Waals surface area contributed by atoms with Gasteiger partial charge in [-0.1, -0.05) is 30.3 Å². The van der Waals surface area contributed by atoms with Crippen LogP contribution in [0, 0.1) is 0 Å². The molecule has 1 unspecified atom stereocenters. The number of hydrogen-bond donors (Lipinski definition) is 1. The number of aryl methyl sites for hydroxylation is 1. The van der Waals surface area contributed by atoms with E-state index in [1.807, 2.05) is 55.5 Å². The zero-order valence-electron chi connectivity index (χ0n) is 17.6. The monoisotopic (exact) mass is 415 g/mol. The van der Waals surface area contributed by atoms with Crippen molar-refractivity contribution >= 4 is 5.91 Å². The van der Waals surface area contributed by atoms with Crippen molar-refractivity contribution in [1.29, 1.82) is 0 Å². The summed E-state index contributed by atoms with van der Waals surface area (Å²) in [4.78, 5) is 13.1. The van der Waals surface area contributed by atoms with Gasteiger partial charge in [0.05, 0.1) is 19.1 Å². The highest BCUT2D eigenvalue weighted by Crippen LogP contribution is 2.23. The first-order valence-corrected chi connectivity index (χ1v) is 10.3. The Balaban J connectivity index is 1.55. The van der Waals surface area contributed by atoms with Gasteiger partial charge in [0.15, 0.2) is 5.76 Å². The molecule has 0 radical (unpaired) electrons. The smallest absolute Gasteiger partial charge is 0.270 e. The lowest BCUT2D eigenvalue weighted by Crippen LogP contribution is -2.34. The molecule has 158 valence electrons. The van der Waals surface area contributed by atoms with E-state index in [1.165, 1.54) is 5.56 Å². The van der Waals surface area contributed by atoms with Crippen molar-refractivity contribution < 1.29 is 13.9 Å². The third kappa shape index (κ3) is 4.86. The van der Waals surface area contributed by atoms with Gasteiger partial charge in [0.1, 0.15) is 17.1 Å². The summed E-state index contributed by atoms with van der Waals surface area (Å²) >= 11 is 0. The van der Waals surface area contributed by atoms with Crippen LogP contribution in [-0.2, 0) is 6.42 Å². The predicted molar refractivity (Wildman–Crippen MR) is 120 cm³/mol. The van der Waals surface area contributed by atoms with Crippen LogP contribution in [0.2, 0.25) is 0 Å². The maximum atomic E-state index is 13.1. The van der Waals surface area contributed by atoms with Crippen LogP contribution in [0.15, 0.2) is 83.5 Å². The summed E-state index contributed by atoms with van der Waals surface area (Å²) in [7, 11) is 1.62. The number of furan rings is 1. The molecule has 2 aromatic heterocycles. The molecule has 0 spiro atoms. The number of benzene rings is 2. The van der Waals surface area contributed by atoms with Gasteiger partial charge in [-0.2, -0.15) is 5.10 Å². The van der Waals surface area contributed by atoms with E-state index >= 15 is 0 Å². The summed E-state index contributed by atoms with van der Waals surface area (Å²) < 4.78 is 12.4. The molecular weight excluding hydrogens is 390 g/mol. The molecule has 0 aliphatic heterocycles. The molecule has 1 N–H and O–H groups in total. The second kappa shape index (κ2) is 9.34. The first-order chi connectivity index (χ1) is 15.1. The molecule has 31 heavy (non-hydrogen) atoms. The van der Waals surface area contributed by atoms with Crippen molar-refractivity contribution in [2.75, 3.05) is 7.11 Å². The van der Waals surface area contributed by atoms with Crippen molar-refractivity contribution in [3.8, 4) is 22.9 Å². The number of aromatic nitrogens is 2. The molecule has 2 aromatic carbocycles. The Labute approximate surface area is 181 Å². The summed E-state index contributed by atoms with van der Waals surface area (Å²) in [5.41, 5.74) is 3.07. The van der Waals surface area contributed by atoms with Crippen LogP contribution >= 0.6 is 0 Å². The van der Waals surface area contributed by atoms with Gasteiger partial charge in [-0.05, 0) is 61.7 Å². The van der Waals surface area contributed by atoms with E-state index in [1.54, 1.807) is 30.2 Å². The third-order valence-corrected chi connectivity index (χ3v) is 5.12. The molecule has 4 aromatic rings. The van der Waals surface area contributed by atoms with E-state index in [2.05, 4.69) is 22.5 Å². The number of nitrogens with one attached hydrogen (secondary N) is 1. The topological polar surface area (TPSA) is 69.3 Å². The van der Waals surface area contributed by atoms with Gasteiger partial charge >= 0.3 is 0 Å². The van der Waals surface area contributed by atoms with Gasteiger partial charge in [-0.25, -0.2) is 4.68 Å². The van der Waals surface area contributed by atoms with Crippen LogP contribution in [0.4, 0.5) is 0 Å². The standard InChI is InChI=1S/C25H25N3O3/c1-18(10-11-19-7-4-3-5-8-19)26-25(29)23-17-22(24-9-6-16-31-24)27-28(23)20-12-14-21(30-2)15-13-20/h3-9,12-18H,10-11H2,1-2H3,(H,26,29). The Hall–Kier alpha value is -3.80. The van der Waals surface area contributed by atoms with E-state index in [-0.39, 0.29) is 11.9 Å². The first-order valence-electron chi connectivity index (χ1n) is 10.3. The maximum absolute atomic E-state index is 13.1.